The van der Waals surface area contributed by atoms with Gasteiger partial charge in [0.1, 0.15) is 29.0 Å². The van der Waals surface area contributed by atoms with Crippen molar-refractivity contribution in [2.75, 3.05) is 18.0 Å². The van der Waals surface area contributed by atoms with E-state index in [1.54, 1.807) is 36.4 Å². The molecule has 15 nitrogen and oxygen atoms in total. The number of nitrogens with one attached hydrogen (secondary N) is 2. The molecular weight excluding hydrogens is 822 g/mol. The van der Waals surface area contributed by atoms with Crippen LogP contribution < -0.4 is 27.0 Å². The Bertz CT molecular complexity index is 2050. The van der Waals surface area contributed by atoms with Crippen molar-refractivity contribution in [1.82, 2.24) is 20.4 Å². The van der Waals surface area contributed by atoms with E-state index in [4.69, 9.17) is 11.5 Å². The number of amides is 6. The van der Waals surface area contributed by atoms with E-state index in [0.29, 0.717) is 75.6 Å². The number of hydrogen-bond acceptors (Lipinski definition) is 7. The molecule has 2 saturated carbocycles. The van der Waals surface area contributed by atoms with E-state index in [1.165, 1.54) is 21.9 Å². The summed E-state index contributed by atoms with van der Waals surface area (Å²) in [7, 11) is 0. The fourth-order valence-electron chi connectivity index (χ4n) is 11.0. The van der Waals surface area contributed by atoms with Crippen LogP contribution in [0.4, 0.5) is 19.7 Å². The normalized spacial score (nSPS) is 22.6. The minimum Gasteiger partial charge on any atom is -0.465 e. The molecule has 4 atom stereocenters. The molecule has 0 bridgehead atoms. The fraction of sp³-hybridized carbons (Fsp3) is 0.500. The van der Waals surface area contributed by atoms with E-state index in [0.717, 1.165) is 55.3 Å². The molecule has 2 saturated heterocycles. The van der Waals surface area contributed by atoms with Crippen molar-refractivity contribution in [2.45, 2.75) is 126 Å². The van der Waals surface area contributed by atoms with Crippen molar-refractivity contribution >= 4 is 41.5 Å². The van der Waals surface area contributed by atoms with Gasteiger partial charge in [-0.25, -0.2) is 14.0 Å². The van der Waals surface area contributed by atoms with Gasteiger partial charge in [-0.05, 0) is 110 Å². The van der Waals surface area contributed by atoms with Gasteiger partial charge in [0.2, 0.25) is 23.6 Å². The highest BCUT2D eigenvalue weighted by Crippen LogP contribution is 2.43. The quantitative estimate of drug-likeness (QED) is 0.104. The van der Waals surface area contributed by atoms with E-state index in [9.17, 15) is 43.4 Å². The van der Waals surface area contributed by atoms with Crippen LogP contribution in [0.5, 0.6) is 0 Å². The summed E-state index contributed by atoms with van der Waals surface area (Å²) in [6, 6.07) is 18.7. The van der Waals surface area contributed by atoms with Crippen LogP contribution in [0.1, 0.15) is 112 Å². The second-order valence-electron chi connectivity index (χ2n) is 18.0. The summed E-state index contributed by atoms with van der Waals surface area (Å²) in [6.07, 6.45) is 7.46. The van der Waals surface area contributed by atoms with E-state index >= 15 is 0 Å². The molecule has 0 spiro atoms. The Morgan fingerprint density at radius 1 is 0.594 bits per heavy atom. The largest absolute Gasteiger partial charge is 0.465 e. The number of halogens is 1. The second-order valence-corrected chi connectivity index (χ2v) is 18.0. The van der Waals surface area contributed by atoms with Crippen molar-refractivity contribution in [3.63, 3.8) is 0 Å². The molecule has 2 aliphatic heterocycles. The predicted octanol–water partition coefficient (Wildman–Crippen LogP) is 6.07. The molecule has 0 unspecified atom stereocenters. The fourth-order valence-corrected chi connectivity index (χ4v) is 11.0. The Kier molecular flexibility index (Phi) is 14.1. The van der Waals surface area contributed by atoms with Gasteiger partial charge < -0.3 is 47.0 Å². The molecule has 64 heavy (non-hydrogen) atoms. The minimum absolute atomic E-state index is 0.183. The standard InChI is InChI=1S/C48H60FN7O8/c49-37-21-23-38(24-22-37)54(29-31-13-17-35(18-14-31)47(43(50)59)25-7-27-55(47)41(57)39(52-45(61)62)33-9-3-1-4-10-33)30-32-15-19-36(20-16-32)48(44(51)60)26-8-28-56(48)42(58)40(53-46(63)64)34-11-5-2-6-12-34/h13-24,33-34,39-40,52-53H,1-12,25-30H2,(H2,50,59)(H2,51,60)(H,61,62)(H,63,64)/t39-,40-,47-,48-/m0/s1. The first-order valence-electron chi connectivity index (χ1n) is 22.7. The molecule has 16 heteroatoms. The van der Waals surface area contributed by atoms with Gasteiger partial charge in [-0.1, -0.05) is 87.1 Å². The zero-order valence-corrected chi connectivity index (χ0v) is 36.2. The molecule has 4 aliphatic rings. The summed E-state index contributed by atoms with van der Waals surface area (Å²) >= 11 is 0. The summed E-state index contributed by atoms with van der Waals surface area (Å²) in [5.41, 5.74) is 12.8. The molecule has 8 N–H and O–H groups in total. The van der Waals surface area contributed by atoms with Crippen LogP contribution in [0.2, 0.25) is 0 Å². The number of nitrogens with two attached hydrogens (primary N) is 2. The van der Waals surface area contributed by atoms with Gasteiger partial charge in [0.25, 0.3) is 0 Å². The van der Waals surface area contributed by atoms with Crippen LogP contribution in [-0.2, 0) is 43.3 Å². The topological polar surface area (TPSA) is 229 Å². The number of hydrogen-bond donors (Lipinski definition) is 6. The maximum Gasteiger partial charge on any atom is 0.405 e. The number of carboxylic acid groups (broad SMARTS) is 2. The zero-order valence-electron chi connectivity index (χ0n) is 36.2. The van der Waals surface area contributed by atoms with Gasteiger partial charge in [-0.2, -0.15) is 0 Å². The highest BCUT2D eigenvalue weighted by molar-refractivity contribution is 5.96. The molecule has 2 heterocycles. The number of carbonyl (C=O) groups is 6. The summed E-state index contributed by atoms with van der Waals surface area (Å²) in [5.74, 6) is -3.04. The van der Waals surface area contributed by atoms with Gasteiger partial charge >= 0.3 is 12.2 Å². The summed E-state index contributed by atoms with van der Waals surface area (Å²) in [6.45, 7) is 1.20. The maximum atomic E-state index is 14.3. The van der Waals surface area contributed by atoms with Crippen molar-refractivity contribution < 1.29 is 43.4 Å². The SMILES string of the molecule is NC(=O)[C@@]1(c2ccc(CN(Cc3ccc([C@]4(C(N)=O)CCCN4C(=O)[C@@H](NC(=O)O)C4CCCCC4)cc3)c3ccc(F)cc3)cc2)CCCN1C(=O)[C@@H](NC(=O)O)C1CCCCC1. The Morgan fingerprint density at radius 2 is 0.969 bits per heavy atom. The van der Waals surface area contributed by atoms with Crippen molar-refractivity contribution in [3.05, 3.63) is 101 Å². The molecule has 4 fully saturated rings. The molecular formula is C48H60FN7O8. The van der Waals surface area contributed by atoms with Gasteiger partial charge in [0.15, 0.2) is 0 Å². The average Bonchev–Trinajstić information content (AvgIpc) is 3.96. The van der Waals surface area contributed by atoms with Crippen LogP contribution >= 0.6 is 0 Å². The van der Waals surface area contributed by atoms with E-state index in [1.807, 2.05) is 29.2 Å². The lowest BCUT2D eigenvalue weighted by atomic mass is 9.81. The first kappa shape index (κ1) is 45.8. The summed E-state index contributed by atoms with van der Waals surface area (Å²) in [4.78, 5) is 84.2. The maximum absolute atomic E-state index is 14.3. The highest BCUT2D eigenvalue weighted by Gasteiger charge is 2.53. The molecule has 3 aromatic rings. The number of nitrogens with zero attached hydrogens (tertiary/aromatic N) is 3. The van der Waals surface area contributed by atoms with E-state index in [2.05, 4.69) is 10.6 Å². The number of likely N-dealkylation sites (tertiary alicyclic amines) is 2. The third-order valence-electron chi connectivity index (χ3n) is 14.2. The van der Waals surface area contributed by atoms with Crippen LogP contribution in [-0.4, -0.2) is 81.0 Å². The Morgan fingerprint density at radius 3 is 1.31 bits per heavy atom. The van der Waals surface area contributed by atoms with Gasteiger partial charge in [0.05, 0.1) is 0 Å². The van der Waals surface area contributed by atoms with Crippen molar-refractivity contribution in [3.8, 4) is 0 Å². The summed E-state index contributed by atoms with van der Waals surface area (Å²) in [5, 5.41) is 24.3. The number of anilines is 1. The first-order chi connectivity index (χ1) is 30.7. The third kappa shape index (κ3) is 9.36. The third-order valence-corrected chi connectivity index (χ3v) is 14.2. The monoisotopic (exact) mass is 881 g/mol. The Hall–Kier alpha value is -6.19. The molecule has 342 valence electrons. The number of carbonyl (C=O) groups excluding carboxylic acids is 4. The predicted molar refractivity (Wildman–Crippen MR) is 236 cm³/mol. The Balaban J connectivity index is 1.13. The zero-order chi connectivity index (χ0) is 45.6. The molecule has 2 aliphatic carbocycles. The van der Waals surface area contributed by atoms with E-state index in [-0.39, 0.29) is 24.9 Å². The highest BCUT2D eigenvalue weighted by atomic mass is 19.1. The van der Waals surface area contributed by atoms with Gasteiger partial charge in [-0.3, -0.25) is 19.2 Å². The van der Waals surface area contributed by atoms with Crippen molar-refractivity contribution in [2.24, 2.45) is 23.3 Å². The van der Waals surface area contributed by atoms with Crippen LogP contribution in [0, 0.1) is 17.7 Å². The number of rotatable bonds is 15. The lowest BCUT2D eigenvalue weighted by Crippen LogP contribution is -2.60. The lowest BCUT2D eigenvalue weighted by molar-refractivity contribution is -0.147. The second kappa shape index (κ2) is 19.7. The molecule has 3 aromatic carbocycles. The van der Waals surface area contributed by atoms with Crippen LogP contribution in [0.3, 0.4) is 0 Å². The van der Waals surface area contributed by atoms with E-state index < -0.39 is 64.8 Å². The van der Waals surface area contributed by atoms with Crippen LogP contribution in [0.25, 0.3) is 0 Å². The average molecular weight is 882 g/mol. The number of benzene rings is 3. The first-order valence-corrected chi connectivity index (χ1v) is 22.7. The van der Waals surface area contributed by atoms with Gasteiger partial charge in [0, 0.05) is 31.9 Å². The van der Waals surface area contributed by atoms with Crippen LogP contribution in [0.15, 0.2) is 72.8 Å². The smallest absolute Gasteiger partial charge is 0.405 e. The minimum atomic E-state index is -1.47. The molecule has 6 amide bonds. The van der Waals surface area contributed by atoms with Crippen molar-refractivity contribution in [1.29, 1.82) is 0 Å². The number of primary amides is 2. The Labute approximate surface area is 372 Å². The summed E-state index contributed by atoms with van der Waals surface area (Å²) < 4.78 is 14.2. The lowest BCUT2D eigenvalue weighted by Gasteiger charge is -2.40. The molecule has 7 rings (SSSR count). The molecule has 0 radical (unpaired) electrons. The van der Waals surface area contributed by atoms with Gasteiger partial charge in [-0.15, -0.1) is 0 Å². The molecule has 0 aromatic heterocycles.